The van der Waals surface area contributed by atoms with Crippen molar-refractivity contribution in [2.75, 3.05) is 0 Å². The molecule has 72 valence electrons. The van der Waals surface area contributed by atoms with Gasteiger partial charge in [-0.1, -0.05) is 29.8 Å². The van der Waals surface area contributed by atoms with Crippen LogP contribution in [0.5, 0.6) is 0 Å². The van der Waals surface area contributed by atoms with Gasteiger partial charge in [-0.3, -0.25) is 0 Å². The average Bonchev–Trinajstić information content (AvgIpc) is 2.67. The number of thiazole rings is 1. The largest absolute Gasteiger partial charge is 0.244 e. The molecule has 0 N–H and O–H groups in total. The van der Waals surface area contributed by atoms with Crippen molar-refractivity contribution in [2.24, 2.45) is 0 Å². The van der Waals surface area contributed by atoms with Crippen molar-refractivity contribution >= 4 is 24.0 Å². The van der Waals surface area contributed by atoms with Gasteiger partial charge in [0.15, 0.2) is 0 Å². The smallest absolute Gasteiger partial charge is 0.123 e. The first-order valence-electron chi connectivity index (χ1n) is 4.42. The van der Waals surface area contributed by atoms with E-state index < -0.39 is 0 Å². The van der Waals surface area contributed by atoms with E-state index in [4.69, 9.17) is 0 Å². The highest BCUT2D eigenvalue weighted by Crippen LogP contribution is 2.25. The monoisotopic (exact) mass is 221 g/mol. The number of hydrogen-bond donors (Lipinski definition) is 1. The molecule has 0 bridgehead atoms. The number of benzene rings is 1. The Morgan fingerprint density at radius 1 is 1.29 bits per heavy atom. The van der Waals surface area contributed by atoms with Gasteiger partial charge in [-0.25, -0.2) is 4.98 Å². The van der Waals surface area contributed by atoms with Gasteiger partial charge in [-0.05, 0) is 6.92 Å². The van der Waals surface area contributed by atoms with Crippen LogP contribution >= 0.6 is 24.0 Å². The Bertz CT molecular complexity index is 417. The lowest BCUT2D eigenvalue weighted by Crippen LogP contribution is -1.75. The van der Waals surface area contributed by atoms with E-state index in [1.807, 2.05) is 6.20 Å². The lowest BCUT2D eigenvalue weighted by Gasteiger charge is -1.96. The van der Waals surface area contributed by atoms with Gasteiger partial charge >= 0.3 is 0 Å². The summed E-state index contributed by atoms with van der Waals surface area (Å²) in [5.74, 6) is 0.767. The molecule has 1 nitrogen and oxygen atoms in total. The third-order valence-electron chi connectivity index (χ3n) is 2.01. The van der Waals surface area contributed by atoms with E-state index in [0.717, 1.165) is 10.8 Å². The van der Waals surface area contributed by atoms with E-state index in [2.05, 4.69) is 48.8 Å². The fourth-order valence-corrected chi connectivity index (χ4v) is 2.26. The molecule has 14 heavy (non-hydrogen) atoms. The number of thiol groups is 1. The van der Waals surface area contributed by atoms with Crippen molar-refractivity contribution in [3.63, 3.8) is 0 Å². The topological polar surface area (TPSA) is 12.9 Å². The highest BCUT2D eigenvalue weighted by Gasteiger charge is 2.02. The molecule has 0 unspecified atom stereocenters. The molecule has 0 aliphatic rings. The minimum Gasteiger partial charge on any atom is -0.244 e. The quantitative estimate of drug-likeness (QED) is 0.765. The van der Waals surface area contributed by atoms with E-state index in [-0.39, 0.29) is 0 Å². The van der Waals surface area contributed by atoms with Crippen LogP contribution in [-0.4, -0.2) is 4.98 Å². The van der Waals surface area contributed by atoms with Gasteiger partial charge in [-0.15, -0.1) is 11.3 Å². The van der Waals surface area contributed by atoms with Crippen molar-refractivity contribution in [3.8, 4) is 10.6 Å². The van der Waals surface area contributed by atoms with Gasteiger partial charge in [0.2, 0.25) is 0 Å². The molecule has 0 spiro atoms. The third kappa shape index (κ3) is 1.99. The van der Waals surface area contributed by atoms with Crippen LogP contribution < -0.4 is 0 Å². The van der Waals surface area contributed by atoms with E-state index >= 15 is 0 Å². The first-order valence-corrected chi connectivity index (χ1v) is 5.87. The second-order valence-corrected chi connectivity index (χ2v) is 4.59. The number of aryl methyl sites for hydroxylation is 1. The molecular weight excluding hydrogens is 210 g/mol. The number of hydrogen-bond acceptors (Lipinski definition) is 3. The molecule has 0 aliphatic heterocycles. The van der Waals surface area contributed by atoms with Gasteiger partial charge < -0.3 is 0 Å². The predicted octanol–water partition coefficient (Wildman–Crippen LogP) is 3.55. The van der Waals surface area contributed by atoms with Crippen LogP contribution in [0.15, 0.2) is 30.5 Å². The van der Waals surface area contributed by atoms with Crippen LogP contribution in [0.2, 0.25) is 0 Å². The molecule has 1 heterocycles. The van der Waals surface area contributed by atoms with Crippen molar-refractivity contribution < 1.29 is 0 Å². The van der Waals surface area contributed by atoms with Gasteiger partial charge in [-0.2, -0.15) is 12.6 Å². The minimum absolute atomic E-state index is 0.767. The lowest BCUT2D eigenvalue weighted by atomic mass is 10.2. The maximum atomic E-state index is 4.36. The zero-order valence-electron chi connectivity index (χ0n) is 7.90. The van der Waals surface area contributed by atoms with Crippen LogP contribution in [0.4, 0.5) is 0 Å². The van der Waals surface area contributed by atoms with Crippen LogP contribution in [-0.2, 0) is 5.75 Å². The van der Waals surface area contributed by atoms with Crippen molar-refractivity contribution in [1.29, 1.82) is 0 Å². The molecule has 1 aromatic heterocycles. The first-order chi connectivity index (χ1) is 6.79. The highest BCUT2D eigenvalue weighted by molar-refractivity contribution is 7.79. The Balaban J connectivity index is 2.34. The molecule has 2 rings (SSSR count). The second kappa shape index (κ2) is 4.15. The molecular formula is C11H11NS2. The summed E-state index contributed by atoms with van der Waals surface area (Å²) in [4.78, 5) is 5.57. The number of rotatable bonds is 2. The summed E-state index contributed by atoms with van der Waals surface area (Å²) in [6.07, 6.45) is 1.90. The molecule has 0 saturated heterocycles. The molecule has 0 radical (unpaired) electrons. The Hall–Kier alpha value is -0.800. The molecule has 0 saturated carbocycles. The standard InChI is InChI=1S/C11H11NS2/c1-8-2-4-9(5-3-8)11-12-6-10(7-13)14-11/h2-6,13H,7H2,1H3. The molecule has 0 aliphatic carbocycles. The third-order valence-corrected chi connectivity index (χ3v) is 3.61. The Morgan fingerprint density at radius 2 is 2.00 bits per heavy atom. The van der Waals surface area contributed by atoms with Crippen LogP contribution in [0.25, 0.3) is 10.6 Å². The lowest BCUT2D eigenvalue weighted by molar-refractivity contribution is 1.36. The van der Waals surface area contributed by atoms with E-state index in [1.165, 1.54) is 16.0 Å². The average molecular weight is 221 g/mol. The van der Waals surface area contributed by atoms with E-state index in [1.54, 1.807) is 11.3 Å². The summed E-state index contributed by atoms with van der Waals surface area (Å²) in [5.41, 5.74) is 2.47. The maximum absolute atomic E-state index is 4.36. The van der Waals surface area contributed by atoms with Gasteiger partial charge in [0, 0.05) is 22.4 Å². The summed E-state index contributed by atoms with van der Waals surface area (Å²) in [6, 6.07) is 8.43. The summed E-state index contributed by atoms with van der Waals surface area (Å²) in [6.45, 7) is 2.09. The maximum Gasteiger partial charge on any atom is 0.123 e. The van der Waals surface area contributed by atoms with Crippen molar-refractivity contribution in [2.45, 2.75) is 12.7 Å². The highest BCUT2D eigenvalue weighted by atomic mass is 32.1. The summed E-state index contributed by atoms with van der Waals surface area (Å²) >= 11 is 5.93. The van der Waals surface area contributed by atoms with E-state index in [9.17, 15) is 0 Å². The molecule has 3 heteroatoms. The molecule has 2 aromatic rings. The Kier molecular flexibility index (Phi) is 2.89. The van der Waals surface area contributed by atoms with Crippen LogP contribution in [0.3, 0.4) is 0 Å². The Morgan fingerprint density at radius 3 is 2.57 bits per heavy atom. The molecule has 1 aromatic carbocycles. The first kappa shape index (κ1) is 9.74. The zero-order chi connectivity index (χ0) is 9.97. The summed E-state index contributed by atoms with van der Waals surface area (Å²) in [5, 5.41) is 1.08. The zero-order valence-corrected chi connectivity index (χ0v) is 9.61. The number of aromatic nitrogens is 1. The van der Waals surface area contributed by atoms with Gasteiger partial charge in [0.25, 0.3) is 0 Å². The summed E-state index contributed by atoms with van der Waals surface area (Å²) in [7, 11) is 0. The Labute approximate surface area is 93.2 Å². The van der Waals surface area contributed by atoms with Crippen LogP contribution in [0.1, 0.15) is 10.4 Å². The summed E-state index contributed by atoms with van der Waals surface area (Å²) < 4.78 is 0. The van der Waals surface area contributed by atoms with Gasteiger partial charge in [0.1, 0.15) is 5.01 Å². The van der Waals surface area contributed by atoms with Gasteiger partial charge in [0.05, 0.1) is 0 Å². The fourth-order valence-electron chi connectivity index (χ4n) is 1.21. The SMILES string of the molecule is Cc1ccc(-c2ncc(CS)s2)cc1. The second-order valence-electron chi connectivity index (χ2n) is 3.16. The molecule has 0 atom stereocenters. The molecule has 0 fully saturated rings. The minimum atomic E-state index is 0.767. The van der Waals surface area contributed by atoms with Crippen molar-refractivity contribution in [3.05, 3.63) is 40.9 Å². The molecule has 0 amide bonds. The van der Waals surface area contributed by atoms with E-state index in [0.29, 0.717) is 0 Å². The predicted molar refractivity (Wildman–Crippen MR) is 65.0 cm³/mol. The normalized spacial score (nSPS) is 10.4. The van der Waals surface area contributed by atoms with Crippen LogP contribution in [0, 0.1) is 6.92 Å². The fraction of sp³-hybridized carbons (Fsp3) is 0.182. The van der Waals surface area contributed by atoms with Crippen molar-refractivity contribution in [1.82, 2.24) is 4.98 Å². The number of nitrogens with zero attached hydrogens (tertiary/aromatic N) is 1.